The molecule has 0 aliphatic heterocycles. The molecule has 0 radical (unpaired) electrons. The Balaban J connectivity index is 1.64. The third kappa shape index (κ3) is 5.54. The van der Waals surface area contributed by atoms with Crippen LogP contribution in [0.3, 0.4) is 0 Å². The molecular weight excluding hydrogens is 470 g/mol. The van der Waals surface area contributed by atoms with Crippen LogP contribution < -0.4 is 10.1 Å². The van der Waals surface area contributed by atoms with Gasteiger partial charge in [0.2, 0.25) is 0 Å². The van der Waals surface area contributed by atoms with Crippen molar-refractivity contribution in [2.75, 3.05) is 18.2 Å². The number of nitrogens with one attached hydrogen (secondary N) is 1. The number of fused-ring (bicyclic) bond motifs is 2. The van der Waals surface area contributed by atoms with Crippen LogP contribution in [0.2, 0.25) is 0 Å². The van der Waals surface area contributed by atoms with Gasteiger partial charge in [-0.3, -0.25) is 14.4 Å². The second kappa shape index (κ2) is 12.0. The molecule has 0 saturated carbocycles. The summed E-state index contributed by atoms with van der Waals surface area (Å²) in [7, 11) is 1.59. The molecule has 1 N–H and O–H groups in total. The summed E-state index contributed by atoms with van der Waals surface area (Å²) in [4.78, 5) is 40.8. The number of rotatable bonds is 11. The Hall–Kier alpha value is -3.38. The van der Waals surface area contributed by atoms with Gasteiger partial charge in [0.25, 0.3) is 5.91 Å². The Morgan fingerprint density at radius 3 is 2.17 bits per heavy atom. The average Bonchev–Trinajstić information content (AvgIpc) is 2.91. The topological polar surface area (TPSA) is 72.5 Å². The van der Waals surface area contributed by atoms with Gasteiger partial charge in [0.15, 0.2) is 11.6 Å². The number of hydrogen-bond acceptors (Lipinski definition) is 5. The monoisotopic (exact) mass is 501 g/mol. The molecule has 3 aromatic rings. The number of anilines is 1. The van der Waals surface area contributed by atoms with E-state index in [0.29, 0.717) is 44.1 Å². The van der Waals surface area contributed by atoms with Crippen LogP contribution in [-0.2, 0) is 0 Å². The van der Waals surface area contributed by atoms with Crippen molar-refractivity contribution >= 4 is 34.9 Å². The van der Waals surface area contributed by atoms with Gasteiger partial charge in [0, 0.05) is 32.8 Å². The Bertz CT molecular complexity index is 1270. The molecule has 0 bridgehead atoms. The Morgan fingerprint density at radius 2 is 1.47 bits per heavy atom. The minimum atomic E-state index is -0.312. The molecule has 0 heterocycles. The first-order valence-corrected chi connectivity index (χ1v) is 13.5. The molecule has 1 aliphatic carbocycles. The standard InChI is InChI=1S/C30H31NO4S/c1-3-4-5-6-7-10-19-36-29-25(30(34)31-20-13-15-21(35-2)16-14-20)18-17-24-26(29)28(33)23-12-9-8-11-22(23)27(24)32/h8-9,11-18H,3-7,10,19H2,1-2H3,(H,31,34). The molecule has 1 amide bonds. The minimum Gasteiger partial charge on any atom is -0.497 e. The van der Waals surface area contributed by atoms with Crippen molar-refractivity contribution in [3.05, 3.63) is 88.5 Å². The molecule has 0 saturated heterocycles. The molecule has 1 aliphatic rings. The summed E-state index contributed by atoms with van der Waals surface area (Å²) < 4.78 is 5.19. The number of carbonyl (C=O) groups is 3. The lowest BCUT2D eigenvalue weighted by Crippen LogP contribution is -2.24. The second-order valence-electron chi connectivity index (χ2n) is 8.87. The minimum absolute atomic E-state index is 0.177. The number of methoxy groups -OCH3 is 1. The fraction of sp³-hybridized carbons (Fsp3) is 0.300. The molecule has 0 unspecified atom stereocenters. The van der Waals surface area contributed by atoms with E-state index < -0.39 is 0 Å². The van der Waals surface area contributed by atoms with Crippen molar-refractivity contribution in [2.45, 2.75) is 50.3 Å². The molecule has 4 rings (SSSR count). The maximum absolute atomic E-state index is 13.6. The Morgan fingerprint density at radius 1 is 0.806 bits per heavy atom. The fourth-order valence-corrected chi connectivity index (χ4v) is 5.63. The first-order chi connectivity index (χ1) is 17.5. The van der Waals surface area contributed by atoms with Crippen molar-refractivity contribution in [3.63, 3.8) is 0 Å². The van der Waals surface area contributed by atoms with E-state index in [1.807, 2.05) is 0 Å². The van der Waals surface area contributed by atoms with E-state index in [1.54, 1.807) is 67.8 Å². The summed E-state index contributed by atoms with van der Waals surface area (Å²) in [5, 5.41) is 2.92. The SMILES string of the molecule is CCCCCCCCSc1c(C(=O)Nc2ccc(OC)cc2)ccc2c1C(=O)c1ccccc1C2=O. The van der Waals surface area contributed by atoms with Gasteiger partial charge in [-0.05, 0) is 48.6 Å². The number of unbranched alkanes of at least 4 members (excludes halogenated alkanes) is 5. The first kappa shape index (κ1) is 25.7. The van der Waals surface area contributed by atoms with Crippen molar-refractivity contribution in [1.29, 1.82) is 0 Å². The summed E-state index contributed by atoms with van der Waals surface area (Å²) in [6.07, 6.45) is 6.93. The quantitative estimate of drug-likeness (QED) is 0.174. The van der Waals surface area contributed by atoms with Crippen molar-refractivity contribution in [3.8, 4) is 5.75 Å². The third-order valence-corrected chi connectivity index (χ3v) is 7.59. The maximum Gasteiger partial charge on any atom is 0.256 e. The number of carbonyl (C=O) groups excluding carboxylic acids is 3. The van der Waals surface area contributed by atoms with Crippen LogP contribution in [0.15, 0.2) is 65.6 Å². The molecule has 3 aromatic carbocycles. The molecule has 5 nitrogen and oxygen atoms in total. The lowest BCUT2D eigenvalue weighted by Gasteiger charge is -2.22. The average molecular weight is 502 g/mol. The summed E-state index contributed by atoms with van der Waals surface area (Å²) in [5.41, 5.74) is 2.54. The van der Waals surface area contributed by atoms with Crippen molar-refractivity contribution in [1.82, 2.24) is 0 Å². The van der Waals surface area contributed by atoms with Gasteiger partial charge in [-0.1, -0.05) is 63.3 Å². The summed E-state index contributed by atoms with van der Waals surface area (Å²) in [6.45, 7) is 2.20. The zero-order valence-corrected chi connectivity index (χ0v) is 21.6. The zero-order chi connectivity index (χ0) is 25.5. The zero-order valence-electron chi connectivity index (χ0n) is 20.8. The first-order valence-electron chi connectivity index (χ1n) is 12.5. The molecule has 0 aromatic heterocycles. The molecular formula is C30H31NO4S. The van der Waals surface area contributed by atoms with E-state index in [0.717, 1.165) is 18.6 Å². The molecule has 0 atom stereocenters. The van der Waals surface area contributed by atoms with Crippen molar-refractivity contribution < 1.29 is 19.1 Å². The molecule has 0 spiro atoms. The third-order valence-electron chi connectivity index (χ3n) is 6.38. The van der Waals surface area contributed by atoms with E-state index in [9.17, 15) is 14.4 Å². The van der Waals surface area contributed by atoms with Gasteiger partial charge in [-0.2, -0.15) is 0 Å². The lowest BCUT2D eigenvalue weighted by atomic mass is 9.83. The van der Waals surface area contributed by atoms with Crippen LogP contribution in [0.1, 0.15) is 87.6 Å². The predicted octanol–water partition coefficient (Wildman–Crippen LogP) is 7.18. The molecule has 0 fully saturated rings. The van der Waals surface area contributed by atoms with Crippen LogP contribution >= 0.6 is 11.8 Å². The Kier molecular flexibility index (Phi) is 8.60. The highest BCUT2D eigenvalue weighted by Crippen LogP contribution is 2.37. The highest BCUT2D eigenvalue weighted by atomic mass is 32.2. The van der Waals surface area contributed by atoms with Gasteiger partial charge >= 0.3 is 0 Å². The molecule has 36 heavy (non-hydrogen) atoms. The summed E-state index contributed by atoms with van der Waals surface area (Å²) in [6, 6.07) is 17.3. The molecule has 6 heteroatoms. The van der Waals surface area contributed by atoms with E-state index >= 15 is 0 Å². The number of amides is 1. The maximum atomic E-state index is 13.6. The lowest BCUT2D eigenvalue weighted by molar-refractivity contribution is 0.0975. The number of hydrogen-bond donors (Lipinski definition) is 1. The number of benzene rings is 3. The summed E-state index contributed by atoms with van der Waals surface area (Å²) >= 11 is 1.50. The number of ketones is 2. The second-order valence-corrected chi connectivity index (χ2v) is 9.97. The van der Waals surface area contributed by atoms with Crippen LogP contribution in [0.5, 0.6) is 5.75 Å². The van der Waals surface area contributed by atoms with Gasteiger partial charge in [-0.15, -0.1) is 11.8 Å². The fourth-order valence-electron chi connectivity index (χ4n) is 4.41. The molecule has 186 valence electrons. The van der Waals surface area contributed by atoms with Gasteiger partial charge in [0.05, 0.1) is 12.7 Å². The van der Waals surface area contributed by atoms with Gasteiger partial charge < -0.3 is 10.1 Å². The number of ether oxygens (including phenoxy) is 1. The predicted molar refractivity (Wildman–Crippen MR) is 145 cm³/mol. The highest BCUT2D eigenvalue weighted by molar-refractivity contribution is 7.99. The van der Waals surface area contributed by atoms with Crippen molar-refractivity contribution in [2.24, 2.45) is 0 Å². The summed E-state index contributed by atoms with van der Waals surface area (Å²) in [5.74, 6) is 0.773. The van der Waals surface area contributed by atoms with E-state index in [2.05, 4.69) is 12.2 Å². The highest BCUT2D eigenvalue weighted by Gasteiger charge is 2.33. The largest absolute Gasteiger partial charge is 0.497 e. The Labute approximate surface area is 216 Å². The smallest absolute Gasteiger partial charge is 0.256 e. The van der Waals surface area contributed by atoms with Crippen LogP contribution in [0.25, 0.3) is 0 Å². The van der Waals surface area contributed by atoms with Crippen LogP contribution in [-0.4, -0.2) is 30.3 Å². The van der Waals surface area contributed by atoms with Gasteiger partial charge in [0.1, 0.15) is 5.75 Å². The van der Waals surface area contributed by atoms with Gasteiger partial charge in [-0.25, -0.2) is 0 Å². The van der Waals surface area contributed by atoms with Crippen LogP contribution in [0.4, 0.5) is 5.69 Å². The van der Waals surface area contributed by atoms with E-state index in [4.69, 9.17) is 4.74 Å². The normalized spacial score (nSPS) is 12.2. The van der Waals surface area contributed by atoms with E-state index in [-0.39, 0.29) is 17.5 Å². The van der Waals surface area contributed by atoms with Crippen LogP contribution in [0, 0.1) is 0 Å². The van der Waals surface area contributed by atoms with E-state index in [1.165, 1.54) is 37.4 Å². The number of thioether (sulfide) groups is 1.